The molecule has 6 nitrogen and oxygen atoms in total. The number of ether oxygens (including phenoxy) is 1. The number of aliphatic hydroxyl groups excluding tert-OH is 1. The van der Waals surface area contributed by atoms with Crippen molar-refractivity contribution in [2.75, 3.05) is 20.8 Å². The van der Waals surface area contributed by atoms with Crippen LogP contribution in [-0.2, 0) is 16.1 Å². The van der Waals surface area contributed by atoms with Gasteiger partial charge in [-0.2, -0.15) is 0 Å². The van der Waals surface area contributed by atoms with Gasteiger partial charge in [0.25, 0.3) is 0 Å². The van der Waals surface area contributed by atoms with Gasteiger partial charge in [0.2, 0.25) is 5.91 Å². The first-order valence-corrected chi connectivity index (χ1v) is 6.47. The molecule has 0 atom stereocenters. The van der Waals surface area contributed by atoms with E-state index in [0.717, 1.165) is 12.8 Å². The molecule has 6 heteroatoms. The fourth-order valence-corrected chi connectivity index (χ4v) is 2.24. The van der Waals surface area contributed by atoms with Crippen LogP contribution >= 0.6 is 0 Å². The summed E-state index contributed by atoms with van der Waals surface area (Å²) in [6.45, 7) is 1.81. The molecule has 1 aromatic rings. The number of nitrogens with zero attached hydrogens (tertiary/aromatic N) is 1. The van der Waals surface area contributed by atoms with Gasteiger partial charge >= 0.3 is 5.97 Å². The van der Waals surface area contributed by atoms with Crippen LogP contribution in [0.2, 0.25) is 0 Å². The third kappa shape index (κ3) is 2.56. The van der Waals surface area contributed by atoms with Crippen molar-refractivity contribution < 1.29 is 23.8 Å². The summed E-state index contributed by atoms with van der Waals surface area (Å²) in [5, 5.41) is 9.26. The van der Waals surface area contributed by atoms with Gasteiger partial charge in [0.05, 0.1) is 25.7 Å². The summed E-state index contributed by atoms with van der Waals surface area (Å²) in [5.41, 5.74) is -0.228. The maximum absolute atomic E-state index is 12.2. The van der Waals surface area contributed by atoms with Crippen molar-refractivity contribution in [2.24, 2.45) is 5.41 Å². The Labute approximate surface area is 117 Å². The van der Waals surface area contributed by atoms with E-state index >= 15 is 0 Å². The first kappa shape index (κ1) is 14.6. The van der Waals surface area contributed by atoms with E-state index in [-0.39, 0.29) is 19.1 Å². The van der Waals surface area contributed by atoms with Crippen molar-refractivity contribution in [3.8, 4) is 0 Å². The minimum absolute atomic E-state index is 0.0892. The molecule has 0 radical (unpaired) electrons. The maximum atomic E-state index is 12.2. The van der Waals surface area contributed by atoms with E-state index in [1.54, 1.807) is 20.0 Å². The topological polar surface area (TPSA) is 80.0 Å². The molecule has 1 N–H and O–H groups in total. The van der Waals surface area contributed by atoms with E-state index in [2.05, 4.69) is 4.74 Å². The summed E-state index contributed by atoms with van der Waals surface area (Å²) in [4.78, 5) is 25.2. The lowest BCUT2D eigenvalue weighted by Gasteiger charge is -2.21. The van der Waals surface area contributed by atoms with Gasteiger partial charge in [-0.3, -0.25) is 4.79 Å². The summed E-state index contributed by atoms with van der Waals surface area (Å²) in [6, 6.07) is 1.59. The normalized spacial score (nSPS) is 15.8. The Hall–Kier alpha value is -1.82. The highest BCUT2D eigenvalue weighted by molar-refractivity contribution is 5.90. The van der Waals surface area contributed by atoms with Crippen molar-refractivity contribution in [3.63, 3.8) is 0 Å². The first-order valence-electron chi connectivity index (χ1n) is 6.47. The molecule has 1 amide bonds. The molecule has 1 aromatic heterocycles. The Morgan fingerprint density at radius 1 is 1.50 bits per heavy atom. The molecule has 0 spiro atoms. The number of hydrogen-bond donors (Lipinski definition) is 1. The average Bonchev–Trinajstić information content (AvgIpc) is 3.16. The Bertz CT molecular complexity index is 530. The lowest BCUT2D eigenvalue weighted by molar-refractivity contribution is -0.137. The van der Waals surface area contributed by atoms with Gasteiger partial charge in [0.1, 0.15) is 17.1 Å². The van der Waals surface area contributed by atoms with Crippen molar-refractivity contribution in [1.82, 2.24) is 4.90 Å². The molecule has 1 aliphatic carbocycles. The van der Waals surface area contributed by atoms with Gasteiger partial charge in [0.15, 0.2) is 0 Å². The number of methoxy groups -OCH3 is 1. The summed E-state index contributed by atoms with van der Waals surface area (Å²) in [6.07, 6.45) is 1.44. The van der Waals surface area contributed by atoms with Crippen LogP contribution in [0.15, 0.2) is 10.5 Å². The number of carbonyl (C=O) groups excluding carboxylic acids is 2. The predicted octanol–water partition coefficient (Wildman–Crippen LogP) is 1.11. The van der Waals surface area contributed by atoms with Gasteiger partial charge in [0, 0.05) is 7.05 Å². The molecule has 0 aliphatic heterocycles. The van der Waals surface area contributed by atoms with Gasteiger partial charge < -0.3 is 19.2 Å². The number of hydrogen-bond acceptors (Lipinski definition) is 5. The number of rotatable bonds is 5. The second kappa shape index (κ2) is 5.28. The molecule has 2 rings (SSSR count). The standard InChI is InChI=1S/C14H19NO5/c1-9-11(12(17)19-3)6-10(20-9)7-15(2)13(18)14(8-16)4-5-14/h6,16H,4-5,7-8H2,1-3H3. The van der Waals surface area contributed by atoms with Gasteiger partial charge in [-0.1, -0.05) is 0 Å². The SMILES string of the molecule is COC(=O)c1cc(CN(C)C(=O)C2(CO)CC2)oc1C. The molecular formula is C14H19NO5. The first-order chi connectivity index (χ1) is 9.43. The minimum Gasteiger partial charge on any atom is -0.465 e. The van der Waals surface area contributed by atoms with Crippen molar-refractivity contribution in [2.45, 2.75) is 26.3 Å². The van der Waals surface area contributed by atoms with Crippen LogP contribution in [0.25, 0.3) is 0 Å². The van der Waals surface area contributed by atoms with E-state index in [1.807, 2.05) is 0 Å². The summed E-state index contributed by atoms with van der Waals surface area (Å²) in [5.74, 6) is 0.442. The molecule has 0 unspecified atom stereocenters. The van der Waals surface area contributed by atoms with Crippen LogP contribution < -0.4 is 0 Å². The maximum Gasteiger partial charge on any atom is 0.341 e. The highest BCUT2D eigenvalue weighted by Crippen LogP contribution is 2.46. The molecule has 0 bridgehead atoms. The number of aryl methyl sites for hydroxylation is 1. The number of esters is 1. The van der Waals surface area contributed by atoms with E-state index in [0.29, 0.717) is 17.1 Å². The lowest BCUT2D eigenvalue weighted by Crippen LogP contribution is -2.35. The monoisotopic (exact) mass is 281 g/mol. The second-order valence-electron chi connectivity index (χ2n) is 5.27. The van der Waals surface area contributed by atoms with Crippen LogP contribution in [-0.4, -0.2) is 42.6 Å². The van der Waals surface area contributed by atoms with E-state index in [4.69, 9.17) is 4.42 Å². The van der Waals surface area contributed by atoms with E-state index in [9.17, 15) is 14.7 Å². The fourth-order valence-electron chi connectivity index (χ4n) is 2.24. The van der Waals surface area contributed by atoms with E-state index in [1.165, 1.54) is 12.0 Å². The Balaban J connectivity index is 2.07. The zero-order valence-corrected chi connectivity index (χ0v) is 11.9. The predicted molar refractivity (Wildman–Crippen MR) is 70.0 cm³/mol. The molecular weight excluding hydrogens is 262 g/mol. The fraction of sp³-hybridized carbons (Fsp3) is 0.571. The average molecular weight is 281 g/mol. The van der Waals surface area contributed by atoms with Crippen LogP contribution in [0.3, 0.4) is 0 Å². The Morgan fingerprint density at radius 2 is 2.15 bits per heavy atom. The summed E-state index contributed by atoms with van der Waals surface area (Å²) in [7, 11) is 2.97. The molecule has 1 saturated carbocycles. The number of furan rings is 1. The molecule has 110 valence electrons. The number of carbonyl (C=O) groups is 2. The zero-order chi connectivity index (χ0) is 14.9. The van der Waals surface area contributed by atoms with Crippen LogP contribution in [0.5, 0.6) is 0 Å². The quantitative estimate of drug-likeness (QED) is 0.818. The third-order valence-corrected chi connectivity index (χ3v) is 3.72. The van der Waals surface area contributed by atoms with Gasteiger partial charge in [-0.05, 0) is 25.8 Å². The van der Waals surface area contributed by atoms with Crippen molar-refractivity contribution in [1.29, 1.82) is 0 Å². The minimum atomic E-state index is -0.596. The number of amides is 1. The highest BCUT2D eigenvalue weighted by Gasteiger charge is 2.50. The van der Waals surface area contributed by atoms with Crippen LogP contribution in [0.4, 0.5) is 0 Å². The van der Waals surface area contributed by atoms with Crippen molar-refractivity contribution in [3.05, 3.63) is 23.2 Å². The lowest BCUT2D eigenvalue weighted by atomic mass is 10.1. The molecule has 1 aliphatic rings. The van der Waals surface area contributed by atoms with Gasteiger partial charge in [-0.15, -0.1) is 0 Å². The van der Waals surface area contributed by atoms with Gasteiger partial charge in [-0.25, -0.2) is 4.79 Å². The largest absolute Gasteiger partial charge is 0.465 e. The highest BCUT2D eigenvalue weighted by atomic mass is 16.5. The zero-order valence-electron chi connectivity index (χ0n) is 11.9. The molecule has 1 fully saturated rings. The number of aliphatic hydroxyl groups is 1. The Kier molecular flexibility index (Phi) is 3.85. The van der Waals surface area contributed by atoms with Crippen LogP contribution in [0.1, 0.15) is 34.7 Å². The smallest absolute Gasteiger partial charge is 0.341 e. The summed E-state index contributed by atoms with van der Waals surface area (Å²) >= 11 is 0. The van der Waals surface area contributed by atoms with E-state index < -0.39 is 11.4 Å². The van der Waals surface area contributed by atoms with Crippen molar-refractivity contribution >= 4 is 11.9 Å². The second-order valence-corrected chi connectivity index (χ2v) is 5.27. The molecule has 1 heterocycles. The Morgan fingerprint density at radius 3 is 2.65 bits per heavy atom. The third-order valence-electron chi connectivity index (χ3n) is 3.72. The molecule has 0 aromatic carbocycles. The summed E-state index contributed by atoms with van der Waals surface area (Å²) < 4.78 is 10.1. The molecule has 20 heavy (non-hydrogen) atoms. The molecule has 0 saturated heterocycles. The van der Waals surface area contributed by atoms with Crippen LogP contribution in [0, 0.1) is 12.3 Å².